The predicted molar refractivity (Wildman–Crippen MR) is 117 cm³/mol. The molecule has 0 saturated heterocycles. The monoisotopic (exact) mass is 389 g/mol. The first-order chi connectivity index (χ1) is 14.1. The molecular formula is C25H31N3O. The molecule has 4 nitrogen and oxygen atoms in total. The van der Waals surface area contributed by atoms with Crippen LogP contribution in [0.3, 0.4) is 0 Å². The molecular weight excluding hydrogens is 358 g/mol. The Bertz CT molecular complexity index is 1020. The summed E-state index contributed by atoms with van der Waals surface area (Å²) < 4.78 is 2.55. The molecule has 0 spiro atoms. The van der Waals surface area contributed by atoms with Gasteiger partial charge in [0.05, 0.1) is 6.10 Å². The van der Waals surface area contributed by atoms with E-state index in [0.29, 0.717) is 6.04 Å². The lowest BCUT2D eigenvalue weighted by molar-refractivity contribution is 0.0623. The van der Waals surface area contributed by atoms with Crippen molar-refractivity contribution >= 4 is 10.9 Å². The van der Waals surface area contributed by atoms with Crippen LogP contribution in [0.1, 0.15) is 47.3 Å². The number of pyridine rings is 1. The van der Waals surface area contributed by atoms with Crippen molar-refractivity contribution in [2.24, 2.45) is 0 Å². The number of hydrogen-bond donors (Lipinski definition) is 1. The molecule has 0 amide bonds. The highest BCUT2D eigenvalue weighted by Crippen LogP contribution is 2.35. The molecule has 1 aromatic carbocycles. The van der Waals surface area contributed by atoms with Gasteiger partial charge in [-0.15, -0.1) is 0 Å². The van der Waals surface area contributed by atoms with Gasteiger partial charge in [-0.25, -0.2) is 0 Å². The van der Waals surface area contributed by atoms with E-state index in [4.69, 9.17) is 0 Å². The summed E-state index contributed by atoms with van der Waals surface area (Å²) in [4.78, 5) is 7.00. The number of aryl methyl sites for hydroxylation is 4. The summed E-state index contributed by atoms with van der Waals surface area (Å²) >= 11 is 0. The maximum Gasteiger partial charge on any atom is 0.0695 e. The van der Waals surface area contributed by atoms with Crippen LogP contribution in [0.2, 0.25) is 0 Å². The zero-order valence-electron chi connectivity index (χ0n) is 17.6. The Hall–Kier alpha value is -2.17. The lowest BCUT2D eigenvalue weighted by Crippen LogP contribution is -2.43. The van der Waals surface area contributed by atoms with Crippen molar-refractivity contribution in [3.63, 3.8) is 0 Å². The Kier molecular flexibility index (Phi) is 4.92. The minimum absolute atomic E-state index is 0.152. The fourth-order valence-corrected chi connectivity index (χ4v) is 5.36. The van der Waals surface area contributed by atoms with Crippen LogP contribution >= 0.6 is 0 Å². The summed E-state index contributed by atoms with van der Waals surface area (Å²) in [7, 11) is 0. The van der Waals surface area contributed by atoms with Gasteiger partial charge >= 0.3 is 0 Å². The number of benzene rings is 1. The number of aliphatic hydroxyl groups excluding tert-OH is 1. The second-order valence-electron chi connectivity index (χ2n) is 8.94. The molecule has 5 rings (SSSR count). The molecule has 2 atom stereocenters. The number of hydrogen-bond acceptors (Lipinski definition) is 3. The van der Waals surface area contributed by atoms with Gasteiger partial charge in [-0.3, -0.25) is 9.88 Å². The van der Waals surface area contributed by atoms with Crippen LogP contribution in [0, 0.1) is 13.8 Å². The molecule has 1 fully saturated rings. The Labute approximate surface area is 173 Å². The number of aromatic nitrogens is 2. The van der Waals surface area contributed by atoms with Crippen LogP contribution in [-0.4, -0.2) is 38.2 Å². The van der Waals surface area contributed by atoms with Crippen molar-refractivity contribution in [1.29, 1.82) is 0 Å². The number of rotatable bonds is 4. The van der Waals surface area contributed by atoms with Gasteiger partial charge in [0.1, 0.15) is 0 Å². The second kappa shape index (κ2) is 7.58. The Morgan fingerprint density at radius 1 is 1.14 bits per heavy atom. The molecule has 2 aliphatic rings. The van der Waals surface area contributed by atoms with Crippen molar-refractivity contribution in [2.75, 3.05) is 6.54 Å². The smallest absolute Gasteiger partial charge is 0.0695 e. The molecule has 2 aromatic heterocycles. The van der Waals surface area contributed by atoms with Gasteiger partial charge in [-0.1, -0.05) is 17.7 Å². The summed E-state index contributed by atoms with van der Waals surface area (Å²) in [5.74, 6) is 0. The van der Waals surface area contributed by atoms with E-state index in [-0.39, 0.29) is 6.10 Å². The zero-order chi connectivity index (χ0) is 20.0. The average Bonchev–Trinajstić information content (AvgIpc) is 3.28. The van der Waals surface area contributed by atoms with Gasteiger partial charge in [0.15, 0.2) is 0 Å². The highest BCUT2D eigenvalue weighted by molar-refractivity contribution is 5.86. The van der Waals surface area contributed by atoms with E-state index in [1.807, 2.05) is 13.1 Å². The maximum atomic E-state index is 10.4. The van der Waals surface area contributed by atoms with Gasteiger partial charge in [-0.05, 0) is 68.9 Å². The first kappa shape index (κ1) is 18.8. The third-order valence-corrected chi connectivity index (χ3v) is 6.95. The topological polar surface area (TPSA) is 41.3 Å². The van der Waals surface area contributed by atoms with Crippen molar-refractivity contribution in [3.05, 3.63) is 64.6 Å². The second-order valence-corrected chi connectivity index (χ2v) is 8.94. The summed E-state index contributed by atoms with van der Waals surface area (Å²) in [5.41, 5.74) is 8.02. The minimum atomic E-state index is -0.152. The summed E-state index contributed by atoms with van der Waals surface area (Å²) in [6.07, 6.45) is 7.18. The van der Waals surface area contributed by atoms with Crippen LogP contribution in [0.15, 0.2) is 36.5 Å². The van der Waals surface area contributed by atoms with Crippen LogP contribution in [0.5, 0.6) is 0 Å². The van der Waals surface area contributed by atoms with Crippen molar-refractivity contribution in [2.45, 2.75) is 71.2 Å². The van der Waals surface area contributed by atoms with E-state index in [1.54, 1.807) is 0 Å². The normalized spacial score (nSPS) is 22.3. The quantitative estimate of drug-likeness (QED) is 0.728. The standard InChI is InChI=1S/C25H31N3O/c1-17-6-9-22-20(14-17)21-16-27(24-4-3-5-25(24)29)12-11-23(21)28(22)13-10-19-8-7-18(2)26-15-19/h6-9,14-15,24-25,29H,3-5,10-13,16H2,1-2H3. The number of aliphatic hydroxyl groups is 1. The van der Waals surface area contributed by atoms with Crippen LogP contribution in [-0.2, 0) is 25.9 Å². The van der Waals surface area contributed by atoms with E-state index in [0.717, 1.165) is 57.4 Å². The maximum absolute atomic E-state index is 10.4. The SMILES string of the molecule is Cc1ccc2c(c1)c1c(n2CCc2ccc(C)nc2)CCN(C2CCCC2O)C1. The summed E-state index contributed by atoms with van der Waals surface area (Å²) in [5, 5.41) is 11.8. The third kappa shape index (κ3) is 3.49. The fraction of sp³-hybridized carbons (Fsp3) is 0.480. The third-order valence-electron chi connectivity index (χ3n) is 6.95. The lowest BCUT2D eigenvalue weighted by Gasteiger charge is -2.34. The highest BCUT2D eigenvalue weighted by Gasteiger charge is 2.34. The van der Waals surface area contributed by atoms with E-state index in [9.17, 15) is 5.11 Å². The van der Waals surface area contributed by atoms with Crippen LogP contribution in [0.4, 0.5) is 0 Å². The van der Waals surface area contributed by atoms with E-state index in [2.05, 4.69) is 51.7 Å². The van der Waals surface area contributed by atoms with E-state index >= 15 is 0 Å². The van der Waals surface area contributed by atoms with Crippen LogP contribution < -0.4 is 0 Å². The van der Waals surface area contributed by atoms with E-state index in [1.165, 1.54) is 33.3 Å². The molecule has 1 aliphatic heterocycles. The van der Waals surface area contributed by atoms with Crippen molar-refractivity contribution in [1.82, 2.24) is 14.5 Å². The van der Waals surface area contributed by atoms with Crippen molar-refractivity contribution in [3.8, 4) is 0 Å². The lowest BCUT2D eigenvalue weighted by atomic mass is 10.0. The van der Waals surface area contributed by atoms with Gasteiger partial charge in [0.25, 0.3) is 0 Å². The number of fused-ring (bicyclic) bond motifs is 3. The zero-order valence-corrected chi connectivity index (χ0v) is 17.6. The summed E-state index contributed by atoms with van der Waals surface area (Å²) in [6.45, 7) is 7.23. The first-order valence-corrected chi connectivity index (χ1v) is 11.0. The minimum Gasteiger partial charge on any atom is -0.391 e. The predicted octanol–water partition coefficient (Wildman–Crippen LogP) is 4.17. The summed E-state index contributed by atoms with van der Waals surface area (Å²) in [6, 6.07) is 11.5. The Balaban J connectivity index is 1.48. The van der Waals surface area contributed by atoms with Gasteiger partial charge in [0.2, 0.25) is 0 Å². The average molecular weight is 390 g/mol. The largest absolute Gasteiger partial charge is 0.391 e. The molecule has 152 valence electrons. The molecule has 0 radical (unpaired) electrons. The fourth-order valence-electron chi connectivity index (χ4n) is 5.36. The molecule has 2 unspecified atom stereocenters. The molecule has 29 heavy (non-hydrogen) atoms. The van der Waals surface area contributed by atoms with Gasteiger partial charge in [-0.2, -0.15) is 0 Å². The first-order valence-electron chi connectivity index (χ1n) is 11.0. The Morgan fingerprint density at radius 2 is 2.03 bits per heavy atom. The Morgan fingerprint density at radius 3 is 2.79 bits per heavy atom. The number of nitrogens with zero attached hydrogens (tertiary/aromatic N) is 3. The molecule has 3 heterocycles. The van der Waals surface area contributed by atoms with E-state index < -0.39 is 0 Å². The highest BCUT2D eigenvalue weighted by atomic mass is 16.3. The van der Waals surface area contributed by atoms with Gasteiger partial charge < -0.3 is 9.67 Å². The van der Waals surface area contributed by atoms with Gasteiger partial charge in [0, 0.05) is 60.6 Å². The molecule has 1 saturated carbocycles. The molecule has 3 aromatic rings. The molecule has 4 heteroatoms. The molecule has 1 aliphatic carbocycles. The molecule has 0 bridgehead atoms. The van der Waals surface area contributed by atoms with Crippen molar-refractivity contribution < 1.29 is 5.11 Å². The van der Waals surface area contributed by atoms with Crippen LogP contribution in [0.25, 0.3) is 10.9 Å². The molecule has 1 N–H and O–H groups in total.